The number of likely N-dealkylation sites (N-methyl/N-ethyl adjacent to an activating group) is 1. The fourth-order valence-electron chi connectivity index (χ4n) is 2.84. The molecule has 0 aromatic carbocycles. The monoisotopic (exact) mass is 211 g/mol. The summed E-state index contributed by atoms with van der Waals surface area (Å²) in [4.78, 5) is 5.07. The van der Waals surface area contributed by atoms with Crippen molar-refractivity contribution in [3.63, 3.8) is 0 Å². The summed E-state index contributed by atoms with van der Waals surface area (Å²) in [5.41, 5.74) is 6.40. The van der Waals surface area contributed by atoms with Gasteiger partial charge in [0.05, 0.1) is 0 Å². The van der Waals surface area contributed by atoms with Crippen LogP contribution in [0.2, 0.25) is 0 Å². The van der Waals surface area contributed by atoms with Crippen molar-refractivity contribution >= 4 is 0 Å². The van der Waals surface area contributed by atoms with Crippen molar-refractivity contribution in [2.75, 3.05) is 46.3 Å². The van der Waals surface area contributed by atoms with Gasteiger partial charge >= 0.3 is 0 Å². The molecule has 2 N–H and O–H groups in total. The predicted molar refractivity (Wildman–Crippen MR) is 63.9 cm³/mol. The molecule has 0 unspecified atom stereocenters. The second-order valence-corrected chi connectivity index (χ2v) is 5.49. The molecule has 2 aliphatic rings. The third kappa shape index (κ3) is 2.71. The lowest BCUT2D eigenvalue weighted by atomic mass is 9.68. The predicted octanol–water partition coefficient (Wildman–Crippen LogP) is 0.753. The summed E-state index contributed by atoms with van der Waals surface area (Å²) in [5, 5.41) is 0. The average Bonchev–Trinajstić information content (AvgIpc) is 2.37. The minimum Gasteiger partial charge on any atom is -0.330 e. The molecular formula is C12H25N3. The lowest BCUT2D eigenvalue weighted by molar-refractivity contribution is 0.0769. The first-order valence-corrected chi connectivity index (χ1v) is 6.35. The van der Waals surface area contributed by atoms with Crippen LogP contribution < -0.4 is 5.73 Å². The molecule has 1 saturated heterocycles. The molecule has 0 spiro atoms. The first-order valence-electron chi connectivity index (χ1n) is 6.35. The zero-order valence-corrected chi connectivity index (χ0v) is 10.0. The summed E-state index contributed by atoms with van der Waals surface area (Å²) in [6.07, 6.45) is 5.42. The summed E-state index contributed by atoms with van der Waals surface area (Å²) >= 11 is 0. The van der Waals surface area contributed by atoms with Crippen LogP contribution >= 0.6 is 0 Å². The van der Waals surface area contributed by atoms with Crippen LogP contribution in [0, 0.1) is 5.41 Å². The minimum absolute atomic E-state index is 0.489. The number of nitrogens with zero attached hydrogens (tertiary/aromatic N) is 2. The number of hydrogen-bond acceptors (Lipinski definition) is 3. The molecule has 1 aliphatic heterocycles. The largest absolute Gasteiger partial charge is 0.330 e. The Bertz CT molecular complexity index is 196. The van der Waals surface area contributed by atoms with Crippen LogP contribution in [0.25, 0.3) is 0 Å². The van der Waals surface area contributed by atoms with Crippen LogP contribution in [0.5, 0.6) is 0 Å². The van der Waals surface area contributed by atoms with Crippen LogP contribution in [0.4, 0.5) is 0 Å². The Kier molecular flexibility index (Phi) is 3.65. The first kappa shape index (κ1) is 11.4. The maximum Gasteiger partial charge on any atom is 0.0109 e. The second kappa shape index (κ2) is 4.81. The second-order valence-electron chi connectivity index (χ2n) is 5.49. The average molecular weight is 211 g/mol. The number of rotatable bonds is 3. The van der Waals surface area contributed by atoms with E-state index in [0.717, 1.165) is 6.54 Å². The summed E-state index contributed by atoms with van der Waals surface area (Å²) in [7, 11) is 2.23. The highest BCUT2D eigenvalue weighted by Gasteiger charge is 2.37. The first-order chi connectivity index (χ1) is 7.24. The number of hydrogen-bond donors (Lipinski definition) is 1. The van der Waals surface area contributed by atoms with Gasteiger partial charge in [0, 0.05) is 19.6 Å². The zero-order chi connectivity index (χ0) is 10.7. The summed E-state index contributed by atoms with van der Waals surface area (Å²) in [6.45, 7) is 7.12. The minimum atomic E-state index is 0.489. The molecule has 15 heavy (non-hydrogen) atoms. The highest BCUT2D eigenvalue weighted by atomic mass is 15.2. The van der Waals surface area contributed by atoms with Gasteiger partial charge in [0.25, 0.3) is 0 Å². The van der Waals surface area contributed by atoms with Gasteiger partial charge in [-0.2, -0.15) is 0 Å². The molecule has 1 saturated carbocycles. The van der Waals surface area contributed by atoms with Gasteiger partial charge in [0.1, 0.15) is 0 Å². The van der Waals surface area contributed by atoms with Gasteiger partial charge in [0.15, 0.2) is 0 Å². The Morgan fingerprint density at radius 3 is 2.47 bits per heavy atom. The van der Waals surface area contributed by atoms with Crippen molar-refractivity contribution in [1.82, 2.24) is 9.80 Å². The van der Waals surface area contributed by atoms with E-state index >= 15 is 0 Å². The molecule has 0 aromatic rings. The Hall–Kier alpha value is -0.120. The van der Waals surface area contributed by atoms with E-state index in [2.05, 4.69) is 16.8 Å². The van der Waals surface area contributed by atoms with E-state index in [1.807, 2.05) is 0 Å². The van der Waals surface area contributed by atoms with Gasteiger partial charge in [-0.3, -0.25) is 0 Å². The zero-order valence-electron chi connectivity index (χ0n) is 10.0. The topological polar surface area (TPSA) is 32.5 Å². The van der Waals surface area contributed by atoms with E-state index in [0.29, 0.717) is 5.41 Å². The lowest BCUT2D eigenvalue weighted by Gasteiger charge is -2.44. The van der Waals surface area contributed by atoms with Gasteiger partial charge in [-0.15, -0.1) is 0 Å². The fourth-order valence-corrected chi connectivity index (χ4v) is 2.84. The quantitative estimate of drug-likeness (QED) is 0.748. The van der Waals surface area contributed by atoms with Crippen molar-refractivity contribution in [2.24, 2.45) is 11.1 Å². The molecule has 88 valence electrons. The standard InChI is InChI=1S/C12H25N3/c1-14-6-3-7-15(9-8-14)11-12(10-13)4-2-5-12/h2-11,13H2,1H3. The SMILES string of the molecule is CN1CCCN(CC2(CN)CCC2)CC1. The van der Waals surface area contributed by atoms with Gasteiger partial charge in [-0.25, -0.2) is 0 Å². The maximum atomic E-state index is 5.92. The van der Waals surface area contributed by atoms with Crippen LogP contribution in [0.3, 0.4) is 0 Å². The molecular weight excluding hydrogens is 186 g/mol. The molecule has 3 heteroatoms. The Balaban J connectivity index is 1.82. The third-order valence-corrected chi connectivity index (χ3v) is 4.22. The molecule has 0 radical (unpaired) electrons. The maximum absolute atomic E-state index is 5.92. The summed E-state index contributed by atoms with van der Waals surface area (Å²) in [5.74, 6) is 0. The van der Waals surface area contributed by atoms with Crippen molar-refractivity contribution in [3.8, 4) is 0 Å². The molecule has 2 rings (SSSR count). The normalized spacial score (nSPS) is 28.4. The highest BCUT2D eigenvalue weighted by Crippen LogP contribution is 2.40. The van der Waals surface area contributed by atoms with E-state index < -0.39 is 0 Å². The highest BCUT2D eigenvalue weighted by molar-refractivity contribution is 4.91. The van der Waals surface area contributed by atoms with Gasteiger partial charge in [0.2, 0.25) is 0 Å². The molecule has 3 nitrogen and oxygen atoms in total. The lowest BCUT2D eigenvalue weighted by Crippen LogP contribution is -2.47. The van der Waals surface area contributed by atoms with E-state index in [4.69, 9.17) is 5.73 Å². The Labute approximate surface area is 93.6 Å². The Morgan fingerprint density at radius 1 is 1.07 bits per heavy atom. The van der Waals surface area contributed by atoms with Crippen molar-refractivity contribution in [3.05, 3.63) is 0 Å². The van der Waals surface area contributed by atoms with E-state index in [-0.39, 0.29) is 0 Å². The fraction of sp³-hybridized carbons (Fsp3) is 1.00. The van der Waals surface area contributed by atoms with E-state index in [1.165, 1.54) is 58.4 Å². The van der Waals surface area contributed by atoms with Gasteiger partial charge in [-0.05, 0) is 51.4 Å². The molecule has 0 amide bonds. The summed E-state index contributed by atoms with van der Waals surface area (Å²) < 4.78 is 0. The van der Waals surface area contributed by atoms with Gasteiger partial charge in [-0.1, -0.05) is 6.42 Å². The molecule has 0 atom stereocenters. The van der Waals surface area contributed by atoms with Crippen molar-refractivity contribution in [1.29, 1.82) is 0 Å². The third-order valence-electron chi connectivity index (χ3n) is 4.22. The molecule has 1 heterocycles. The molecule has 2 fully saturated rings. The van der Waals surface area contributed by atoms with Crippen molar-refractivity contribution < 1.29 is 0 Å². The smallest absolute Gasteiger partial charge is 0.0109 e. The van der Waals surface area contributed by atoms with Gasteiger partial charge < -0.3 is 15.5 Å². The number of nitrogens with two attached hydrogens (primary N) is 1. The van der Waals surface area contributed by atoms with E-state index in [1.54, 1.807) is 0 Å². The van der Waals surface area contributed by atoms with E-state index in [9.17, 15) is 0 Å². The summed E-state index contributed by atoms with van der Waals surface area (Å²) in [6, 6.07) is 0. The molecule has 0 bridgehead atoms. The van der Waals surface area contributed by atoms with Crippen LogP contribution in [-0.2, 0) is 0 Å². The van der Waals surface area contributed by atoms with Crippen LogP contribution in [-0.4, -0.2) is 56.1 Å². The van der Waals surface area contributed by atoms with Crippen LogP contribution in [0.1, 0.15) is 25.7 Å². The van der Waals surface area contributed by atoms with Crippen LogP contribution in [0.15, 0.2) is 0 Å². The molecule has 1 aliphatic carbocycles. The Morgan fingerprint density at radius 2 is 1.87 bits per heavy atom. The molecule has 0 aromatic heterocycles. The van der Waals surface area contributed by atoms with Crippen molar-refractivity contribution in [2.45, 2.75) is 25.7 Å².